The predicted octanol–water partition coefficient (Wildman–Crippen LogP) is 4.18. The minimum atomic E-state index is -4.70. The monoisotopic (exact) mass is 292 g/mol. The summed E-state index contributed by atoms with van der Waals surface area (Å²) in [6.45, 7) is 4.06. The minimum absolute atomic E-state index is 0.320. The van der Waals surface area contributed by atoms with Crippen LogP contribution in [0.25, 0.3) is 0 Å². The van der Waals surface area contributed by atoms with Crippen molar-refractivity contribution in [3.63, 3.8) is 0 Å². The fraction of sp³-hybridized carbons (Fsp3) is 0.571. The quantitative estimate of drug-likeness (QED) is 0.469. The fourth-order valence-corrected chi connectivity index (χ4v) is 2.29. The lowest BCUT2D eigenvalue weighted by Crippen LogP contribution is -2.29. The van der Waals surface area contributed by atoms with Crippen LogP contribution in [0, 0.1) is 11.7 Å². The highest BCUT2D eigenvalue weighted by atomic mass is 19.4. The van der Waals surface area contributed by atoms with Gasteiger partial charge in [-0.3, -0.25) is 11.3 Å². The molecular formula is C14H20F4N2. The third-order valence-corrected chi connectivity index (χ3v) is 3.32. The van der Waals surface area contributed by atoms with Crippen molar-refractivity contribution in [1.82, 2.24) is 5.43 Å². The average Bonchev–Trinajstić information content (AvgIpc) is 2.35. The summed E-state index contributed by atoms with van der Waals surface area (Å²) in [5.41, 5.74) is 1.62. The molecule has 2 atom stereocenters. The molecule has 0 spiro atoms. The number of halogens is 4. The van der Waals surface area contributed by atoms with E-state index in [1.54, 1.807) is 0 Å². The molecule has 0 fully saturated rings. The zero-order valence-corrected chi connectivity index (χ0v) is 11.6. The molecule has 1 aromatic carbocycles. The lowest BCUT2D eigenvalue weighted by atomic mass is 9.92. The van der Waals surface area contributed by atoms with Gasteiger partial charge in [0.05, 0.1) is 5.56 Å². The third kappa shape index (κ3) is 4.45. The Balaban J connectivity index is 2.99. The maximum absolute atomic E-state index is 13.2. The molecule has 0 bridgehead atoms. The van der Waals surface area contributed by atoms with Crippen molar-refractivity contribution in [3.8, 4) is 0 Å². The molecule has 6 heteroatoms. The summed E-state index contributed by atoms with van der Waals surface area (Å²) in [4.78, 5) is 0. The lowest BCUT2D eigenvalue weighted by molar-refractivity contribution is -0.140. The number of nitrogens with two attached hydrogens (primary N) is 1. The summed E-state index contributed by atoms with van der Waals surface area (Å²) in [6.07, 6.45) is -2.14. The van der Waals surface area contributed by atoms with E-state index in [2.05, 4.69) is 5.43 Å². The highest BCUT2D eigenvalue weighted by Crippen LogP contribution is 2.34. The number of hydrogen-bond acceptors (Lipinski definition) is 2. The van der Waals surface area contributed by atoms with Gasteiger partial charge < -0.3 is 0 Å². The van der Waals surface area contributed by atoms with E-state index in [0.29, 0.717) is 17.9 Å². The molecule has 2 nitrogen and oxygen atoms in total. The summed E-state index contributed by atoms with van der Waals surface area (Å²) in [5, 5.41) is 0. The van der Waals surface area contributed by atoms with Gasteiger partial charge in [0.2, 0.25) is 0 Å². The van der Waals surface area contributed by atoms with E-state index in [4.69, 9.17) is 5.84 Å². The number of hydrogen-bond donors (Lipinski definition) is 2. The Morgan fingerprint density at radius 1 is 1.30 bits per heavy atom. The lowest BCUT2D eigenvalue weighted by Gasteiger charge is -2.21. The average molecular weight is 292 g/mol. The Hall–Kier alpha value is -1.14. The second-order valence-corrected chi connectivity index (χ2v) is 5.09. The van der Waals surface area contributed by atoms with Gasteiger partial charge in [-0.25, -0.2) is 4.39 Å². The second kappa shape index (κ2) is 7.04. The zero-order valence-electron chi connectivity index (χ0n) is 11.6. The van der Waals surface area contributed by atoms with Crippen LogP contribution >= 0.6 is 0 Å². The Morgan fingerprint density at radius 2 is 1.95 bits per heavy atom. The van der Waals surface area contributed by atoms with E-state index < -0.39 is 23.6 Å². The van der Waals surface area contributed by atoms with Crippen LogP contribution in [-0.2, 0) is 6.18 Å². The molecule has 0 saturated carbocycles. The van der Waals surface area contributed by atoms with Crippen LogP contribution in [0.15, 0.2) is 18.2 Å². The van der Waals surface area contributed by atoms with Crippen molar-refractivity contribution in [2.75, 3.05) is 0 Å². The Kier molecular flexibility index (Phi) is 5.95. The van der Waals surface area contributed by atoms with Gasteiger partial charge in [-0.1, -0.05) is 32.8 Å². The topological polar surface area (TPSA) is 38.0 Å². The molecule has 0 aromatic heterocycles. The van der Waals surface area contributed by atoms with Crippen molar-refractivity contribution >= 4 is 0 Å². The molecule has 0 aliphatic heterocycles. The Labute approximate surface area is 116 Å². The van der Waals surface area contributed by atoms with Gasteiger partial charge in [0, 0.05) is 6.04 Å². The molecule has 0 amide bonds. The molecule has 114 valence electrons. The fourth-order valence-electron chi connectivity index (χ4n) is 2.29. The van der Waals surface area contributed by atoms with Crippen LogP contribution in [-0.4, -0.2) is 0 Å². The molecule has 1 aromatic rings. The van der Waals surface area contributed by atoms with Crippen molar-refractivity contribution in [3.05, 3.63) is 35.1 Å². The molecule has 0 aliphatic rings. The molecule has 3 N–H and O–H groups in total. The normalized spacial score (nSPS) is 15.2. The van der Waals surface area contributed by atoms with Crippen LogP contribution in [0.1, 0.15) is 50.3 Å². The van der Waals surface area contributed by atoms with Crippen molar-refractivity contribution in [1.29, 1.82) is 0 Å². The summed E-state index contributed by atoms with van der Waals surface area (Å²) in [7, 11) is 0. The number of nitrogens with one attached hydrogen (secondary N) is 1. The summed E-state index contributed by atoms with van der Waals surface area (Å²) < 4.78 is 51.3. The standard InChI is InChI=1S/C14H20F4N2/c1-3-4-9(2)7-13(20-19)10-5-6-12(15)11(8-10)14(16,17)18/h5-6,8-9,13,20H,3-4,7,19H2,1-2H3. The maximum Gasteiger partial charge on any atom is 0.419 e. The molecule has 0 aliphatic carbocycles. The first-order valence-corrected chi connectivity index (χ1v) is 6.62. The van der Waals surface area contributed by atoms with E-state index >= 15 is 0 Å². The van der Waals surface area contributed by atoms with Gasteiger partial charge in [0.15, 0.2) is 0 Å². The van der Waals surface area contributed by atoms with Gasteiger partial charge in [0.25, 0.3) is 0 Å². The first kappa shape index (κ1) is 16.9. The van der Waals surface area contributed by atoms with Gasteiger partial charge in [-0.15, -0.1) is 0 Å². The van der Waals surface area contributed by atoms with Crippen LogP contribution in [0.2, 0.25) is 0 Å². The highest BCUT2D eigenvalue weighted by Gasteiger charge is 2.34. The smallest absolute Gasteiger partial charge is 0.271 e. The zero-order chi connectivity index (χ0) is 15.3. The van der Waals surface area contributed by atoms with Crippen molar-refractivity contribution in [2.24, 2.45) is 11.8 Å². The Morgan fingerprint density at radius 3 is 2.45 bits per heavy atom. The van der Waals surface area contributed by atoms with Gasteiger partial charge in [0.1, 0.15) is 5.82 Å². The molecule has 1 rings (SSSR count). The van der Waals surface area contributed by atoms with Gasteiger partial charge in [-0.2, -0.15) is 13.2 Å². The number of rotatable bonds is 6. The molecule has 0 saturated heterocycles. The van der Waals surface area contributed by atoms with E-state index in [-0.39, 0.29) is 0 Å². The van der Waals surface area contributed by atoms with E-state index in [1.807, 2.05) is 13.8 Å². The van der Waals surface area contributed by atoms with E-state index in [0.717, 1.165) is 25.0 Å². The molecule has 20 heavy (non-hydrogen) atoms. The first-order chi connectivity index (χ1) is 9.29. The largest absolute Gasteiger partial charge is 0.419 e. The predicted molar refractivity (Wildman–Crippen MR) is 70.2 cm³/mol. The molecule has 0 radical (unpaired) electrons. The SMILES string of the molecule is CCCC(C)CC(NN)c1ccc(F)c(C(F)(F)F)c1. The molecule has 2 unspecified atom stereocenters. The third-order valence-electron chi connectivity index (χ3n) is 3.32. The van der Waals surface area contributed by atoms with Crippen LogP contribution < -0.4 is 11.3 Å². The summed E-state index contributed by atoms with van der Waals surface area (Å²) in [6, 6.07) is 2.59. The van der Waals surface area contributed by atoms with E-state index in [1.165, 1.54) is 6.07 Å². The highest BCUT2D eigenvalue weighted by molar-refractivity contribution is 5.29. The number of alkyl halides is 3. The maximum atomic E-state index is 13.2. The van der Waals surface area contributed by atoms with Gasteiger partial charge >= 0.3 is 6.18 Å². The summed E-state index contributed by atoms with van der Waals surface area (Å²) in [5.74, 6) is 4.48. The minimum Gasteiger partial charge on any atom is -0.271 e. The molecular weight excluding hydrogens is 272 g/mol. The van der Waals surface area contributed by atoms with Crippen molar-refractivity contribution in [2.45, 2.75) is 45.3 Å². The first-order valence-electron chi connectivity index (χ1n) is 6.62. The Bertz CT molecular complexity index is 432. The van der Waals surface area contributed by atoms with Gasteiger partial charge in [-0.05, 0) is 30.0 Å². The second-order valence-electron chi connectivity index (χ2n) is 5.09. The number of benzene rings is 1. The van der Waals surface area contributed by atoms with Crippen LogP contribution in [0.3, 0.4) is 0 Å². The van der Waals surface area contributed by atoms with Crippen molar-refractivity contribution < 1.29 is 17.6 Å². The van der Waals surface area contributed by atoms with E-state index in [9.17, 15) is 17.6 Å². The van der Waals surface area contributed by atoms with Crippen LogP contribution in [0.4, 0.5) is 17.6 Å². The number of hydrazine groups is 1. The molecule has 0 heterocycles. The van der Waals surface area contributed by atoms with Crippen LogP contribution in [0.5, 0.6) is 0 Å². The summed E-state index contributed by atoms with van der Waals surface area (Å²) >= 11 is 0.